The van der Waals surface area contributed by atoms with Crippen LogP contribution in [0, 0.1) is 0 Å². The van der Waals surface area contributed by atoms with E-state index in [1.807, 2.05) is 0 Å². The number of aliphatic hydroxyl groups is 6. The lowest BCUT2D eigenvalue weighted by Crippen LogP contribution is -2.63. The summed E-state index contributed by atoms with van der Waals surface area (Å²) in [4.78, 5) is 26.1. The molecule has 0 spiro atoms. The molecule has 0 aromatic carbocycles. The molecule has 2 heterocycles. The van der Waals surface area contributed by atoms with Crippen LogP contribution in [0.3, 0.4) is 0 Å². The predicted octanol–water partition coefficient (Wildman–Crippen LogP) is 6.67. The van der Waals surface area contributed by atoms with Gasteiger partial charge in [0.1, 0.15) is 43.2 Å². The maximum Gasteiger partial charge on any atom is 0.306 e. The van der Waals surface area contributed by atoms with E-state index in [0.29, 0.717) is 12.8 Å². The topological polar surface area (TPSA) is 202 Å². The zero-order valence-corrected chi connectivity index (χ0v) is 35.6. The van der Waals surface area contributed by atoms with Gasteiger partial charge in [0.25, 0.3) is 0 Å². The van der Waals surface area contributed by atoms with Gasteiger partial charge in [-0.05, 0) is 12.8 Å². The summed E-state index contributed by atoms with van der Waals surface area (Å²) in [7, 11) is 0. The number of carbonyl (C=O) groups excluding carboxylic acids is 2. The molecular weight excluding hydrogens is 736 g/mol. The van der Waals surface area contributed by atoms with Crippen molar-refractivity contribution < 1.29 is 63.9 Å². The van der Waals surface area contributed by atoms with Gasteiger partial charge >= 0.3 is 11.9 Å². The van der Waals surface area contributed by atoms with Crippen LogP contribution >= 0.6 is 0 Å². The fraction of sp³-hybridized carbons (Fsp3) is 0.955. The lowest BCUT2D eigenvalue weighted by atomic mass is 9.99. The van der Waals surface area contributed by atoms with E-state index in [2.05, 4.69) is 13.8 Å². The molecule has 0 bridgehead atoms. The zero-order valence-electron chi connectivity index (χ0n) is 35.6. The molecule has 0 radical (unpaired) electrons. The van der Waals surface area contributed by atoms with Gasteiger partial charge in [0.2, 0.25) is 5.79 Å². The first-order valence-corrected chi connectivity index (χ1v) is 22.9. The SMILES string of the molecule is CCCCCCCCCCCCCCCC(=O)OC[C@@]1(O[C@H]2O[C@H](CO)[C@@H](O)[C@H](O)[C@H]2O)O[C@H](CO)[C@@H](O)[C@@H]1OC(=O)CCCCCCCCCCCCCCC. The summed E-state index contributed by atoms with van der Waals surface area (Å²) in [6.07, 6.45) is 17.0. The number of hydrogen-bond donors (Lipinski definition) is 6. The fourth-order valence-electron chi connectivity index (χ4n) is 7.79. The van der Waals surface area contributed by atoms with Gasteiger partial charge in [0.15, 0.2) is 12.4 Å². The predicted molar refractivity (Wildman–Crippen MR) is 217 cm³/mol. The maximum atomic E-state index is 13.2. The second-order valence-electron chi connectivity index (χ2n) is 16.5. The Morgan fingerprint density at radius 3 is 1.33 bits per heavy atom. The first-order chi connectivity index (χ1) is 27.6. The van der Waals surface area contributed by atoms with Crippen LogP contribution in [0.15, 0.2) is 0 Å². The third-order valence-electron chi connectivity index (χ3n) is 11.5. The normalized spacial score (nSPS) is 27.5. The monoisotopic (exact) mass is 819 g/mol. The smallest absolute Gasteiger partial charge is 0.306 e. The van der Waals surface area contributed by atoms with Crippen molar-refractivity contribution >= 4 is 11.9 Å². The minimum absolute atomic E-state index is 0.0414. The summed E-state index contributed by atoms with van der Waals surface area (Å²) < 4.78 is 28.8. The van der Waals surface area contributed by atoms with Crippen LogP contribution in [0.5, 0.6) is 0 Å². The molecular formula is C44H82O13. The minimum atomic E-state index is -2.27. The zero-order chi connectivity index (χ0) is 41.7. The number of unbranched alkanes of at least 4 members (excludes halogenated alkanes) is 24. The van der Waals surface area contributed by atoms with Crippen molar-refractivity contribution in [3.63, 3.8) is 0 Å². The van der Waals surface area contributed by atoms with Crippen LogP contribution in [0.2, 0.25) is 0 Å². The fourth-order valence-corrected chi connectivity index (χ4v) is 7.79. The number of ether oxygens (including phenoxy) is 5. The van der Waals surface area contributed by atoms with Gasteiger partial charge in [-0.15, -0.1) is 0 Å². The molecule has 2 aliphatic heterocycles. The Hall–Kier alpha value is -1.42. The van der Waals surface area contributed by atoms with E-state index in [-0.39, 0.29) is 12.8 Å². The standard InChI is InChI=1S/C44H82O13/c1-3-5-7-9-11-13-15-17-19-21-23-25-27-29-36(47)53-33-44(57-43-41(52)40(51)38(49)34(31-45)54-43)42(39(50)35(32-46)56-44)55-37(48)30-28-26-24-22-20-18-16-14-12-10-8-6-4-2/h34-35,38-43,45-46,49-52H,3-33H2,1-2H3/t34-,35-,38-,39-,40+,41-,42+,43-,44+/m1/s1. The van der Waals surface area contributed by atoms with E-state index < -0.39 is 86.6 Å². The van der Waals surface area contributed by atoms with Crippen molar-refractivity contribution in [2.75, 3.05) is 19.8 Å². The molecule has 2 aliphatic rings. The van der Waals surface area contributed by atoms with Crippen LogP contribution in [-0.2, 0) is 33.3 Å². The van der Waals surface area contributed by atoms with Gasteiger partial charge < -0.3 is 54.3 Å². The van der Waals surface area contributed by atoms with Crippen LogP contribution < -0.4 is 0 Å². The Kier molecular flexibility index (Phi) is 28.5. The van der Waals surface area contributed by atoms with Gasteiger partial charge in [-0.25, -0.2) is 0 Å². The molecule has 0 unspecified atom stereocenters. The summed E-state index contributed by atoms with van der Waals surface area (Å²) >= 11 is 0. The molecule has 2 fully saturated rings. The van der Waals surface area contributed by atoms with Gasteiger partial charge in [0.05, 0.1) is 13.2 Å². The summed E-state index contributed by atoms with van der Waals surface area (Å²) in [6, 6.07) is 0. The van der Waals surface area contributed by atoms with Gasteiger partial charge in [-0.1, -0.05) is 168 Å². The lowest BCUT2D eigenvalue weighted by Gasteiger charge is -2.43. The van der Waals surface area contributed by atoms with E-state index in [0.717, 1.165) is 44.9 Å². The largest absolute Gasteiger partial charge is 0.460 e. The molecule has 6 N–H and O–H groups in total. The van der Waals surface area contributed by atoms with Crippen LogP contribution in [0.25, 0.3) is 0 Å². The van der Waals surface area contributed by atoms with Crippen LogP contribution in [-0.4, -0.2) is 117 Å². The van der Waals surface area contributed by atoms with E-state index in [1.165, 1.54) is 109 Å². The van der Waals surface area contributed by atoms with E-state index >= 15 is 0 Å². The number of hydrogen-bond acceptors (Lipinski definition) is 13. The van der Waals surface area contributed by atoms with Gasteiger partial charge in [-0.3, -0.25) is 9.59 Å². The Labute approximate surface area is 343 Å². The summed E-state index contributed by atoms with van der Waals surface area (Å²) in [5.74, 6) is -3.51. The minimum Gasteiger partial charge on any atom is -0.460 e. The summed E-state index contributed by atoms with van der Waals surface area (Å²) in [6.45, 7) is 2.31. The summed E-state index contributed by atoms with van der Waals surface area (Å²) in [5, 5.41) is 62.5. The highest BCUT2D eigenvalue weighted by Gasteiger charge is 2.61. The summed E-state index contributed by atoms with van der Waals surface area (Å²) in [5.41, 5.74) is 0. The second-order valence-corrected chi connectivity index (χ2v) is 16.5. The average molecular weight is 819 g/mol. The number of esters is 2. The molecule has 0 amide bonds. The molecule has 13 heteroatoms. The molecule has 2 rings (SSSR count). The first kappa shape index (κ1) is 51.7. The van der Waals surface area contributed by atoms with Crippen molar-refractivity contribution in [1.29, 1.82) is 0 Å². The molecule has 9 atom stereocenters. The Bertz CT molecular complexity index is 1010. The molecule has 0 aromatic rings. The number of aliphatic hydroxyl groups excluding tert-OH is 6. The Morgan fingerprint density at radius 2 is 0.912 bits per heavy atom. The maximum absolute atomic E-state index is 13.2. The van der Waals surface area contributed by atoms with Gasteiger partial charge in [-0.2, -0.15) is 0 Å². The van der Waals surface area contributed by atoms with Crippen LogP contribution in [0.1, 0.15) is 194 Å². The van der Waals surface area contributed by atoms with E-state index in [4.69, 9.17) is 23.7 Å². The third kappa shape index (κ3) is 20.1. The van der Waals surface area contributed by atoms with Crippen LogP contribution in [0.4, 0.5) is 0 Å². The molecule has 0 saturated carbocycles. The van der Waals surface area contributed by atoms with Gasteiger partial charge in [0, 0.05) is 12.8 Å². The molecule has 57 heavy (non-hydrogen) atoms. The van der Waals surface area contributed by atoms with Crippen molar-refractivity contribution in [2.24, 2.45) is 0 Å². The first-order valence-electron chi connectivity index (χ1n) is 22.9. The molecule has 336 valence electrons. The Morgan fingerprint density at radius 1 is 0.509 bits per heavy atom. The van der Waals surface area contributed by atoms with E-state index in [1.54, 1.807) is 0 Å². The number of rotatable bonds is 35. The van der Waals surface area contributed by atoms with Crippen molar-refractivity contribution in [1.82, 2.24) is 0 Å². The average Bonchev–Trinajstić information content (AvgIpc) is 3.46. The number of carbonyl (C=O) groups is 2. The quantitative estimate of drug-likeness (QED) is 0.0293. The molecule has 2 saturated heterocycles. The molecule has 13 nitrogen and oxygen atoms in total. The highest BCUT2D eigenvalue weighted by Crippen LogP contribution is 2.39. The lowest BCUT2D eigenvalue weighted by molar-refractivity contribution is -0.384. The van der Waals surface area contributed by atoms with Crippen molar-refractivity contribution in [2.45, 2.75) is 248 Å². The second kappa shape index (κ2) is 31.5. The third-order valence-corrected chi connectivity index (χ3v) is 11.5. The molecule has 0 aliphatic carbocycles. The van der Waals surface area contributed by atoms with Crippen molar-refractivity contribution in [3.8, 4) is 0 Å². The highest BCUT2D eigenvalue weighted by atomic mass is 16.8. The highest BCUT2D eigenvalue weighted by molar-refractivity contribution is 5.70. The Balaban J connectivity index is 1.91. The van der Waals surface area contributed by atoms with E-state index in [9.17, 15) is 40.2 Å². The molecule has 0 aromatic heterocycles. The van der Waals surface area contributed by atoms with Crippen molar-refractivity contribution in [3.05, 3.63) is 0 Å².